The number of anilines is 1. The van der Waals surface area contributed by atoms with Crippen LogP contribution in [0.2, 0.25) is 5.02 Å². The van der Waals surface area contributed by atoms with Crippen LogP contribution < -0.4 is 15.7 Å². The van der Waals surface area contributed by atoms with Crippen molar-refractivity contribution < 1.29 is 13.9 Å². The van der Waals surface area contributed by atoms with E-state index in [2.05, 4.69) is 15.5 Å². The fraction of sp³-hybridized carbons (Fsp3) is 0.0345. The van der Waals surface area contributed by atoms with Gasteiger partial charge in [-0.15, -0.1) is 10.2 Å². The third kappa shape index (κ3) is 4.38. The van der Waals surface area contributed by atoms with E-state index in [1.165, 1.54) is 4.80 Å². The van der Waals surface area contributed by atoms with Gasteiger partial charge in [0.25, 0.3) is 5.91 Å². The van der Waals surface area contributed by atoms with Gasteiger partial charge in [-0.25, -0.2) is 4.79 Å². The first-order valence-corrected chi connectivity index (χ1v) is 12.0. The number of aromatic nitrogens is 3. The van der Waals surface area contributed by atoms with Crippen LogP contribution in [0.5, 0.6) is 5.75 Å². The van der Waals surface area contributed by atoms with Crippen molar-refractivity contribution in [1.82, 2.24) is 15.0 Å². The molecule has 0 unspecified atom stereocenters. The molecule has 2 aromatic heterocycles. The Labute approximate surface area is 221 Å². The number of fused-ring (bicyclic) bond motifs is 2. The number of benzene rings is 4. The summed E-state index contributed by atoms with van der Waals surface area (Å²) in [7, 11) is 1.55. The number of methoxy groups -OCH3 is 1. The number of nitrogens with zero attached hydrogens (tertiary/aromatic N) is 3. The normalized spacial score (nSPS) is 11.1. The Morgan fingerprint density at radius 2 is 1.76 bits per heavy atom. The van der Waals surface area contributed by atoms with Gasteiger partial charge in [0.15, 0.2) is 0 Å². The second kappa shape index (κ2) is 9.49. The lowest BCUT2D eigenvalue weighted by Crippen LogP contribution is -2.12. The number of rotatable bonds is 5. The molecule has 1 N–H and O–H groups in total. The highest BCUT2D eigenvalue weighted by Crippen LogP contribution is 2.27. The summed E-state index contributed by atoms with van der Waals surface area (Å²) < 4.78 is 10.6. The van der Waals surface area contributed by atoms with Crippen molar-refractivity contribution in [2.75, 3.05) is 12.4 Å². The highest BCUT2D eigenvalue weighted by atomic mass is 35.5. The zero-order valence-corrected chi connectivity index (χ0v) is 20.8. The summed E-state index contributed by atoms with van der Waals surface area (Å²) in [5.74, 6) is 0.230. The lowest BCUT2D eigenvalue weighted by Gasteiger charge is -2.07. The molecule has 0 spiro atoms. The van der Waals surface area contributed by atoms with Crippen molar-refractivity contribution in [3.8, 4) is 22.6 Å². The smallest absolute Gasteiger partial charge is 0.344 e. The van der Waals surface area contributed by atoms with Crippen molar-refractivity contribution in [3.63, 3.8) is 0 Å². The monoisotopic (exact) mass is 522 g/mol. The van der Waals surface area contributed by atoms with E-state index in [1.54, 1.807) is 79.9 Å². The molecule has 6 rings (SSSR count). The van der Waals surface area contributed by atoms with Crippen LogP contribution in [-0.2, 0) is 0 Å². The van der Waals surface area contributed by atoms with Crippen LogP contribution in [0.1, 0.15) is 10.4 Å². The second-order valence-electron chi connectivity index (χ2n) is 8.53. The number of carbonyl (C=O) groups is 1. The minimum atomic E-state index is -0.465. The Morgan fingerprint density at radius 3 is 2.61 bits per heavy atom. The maximum atomic E-state index is 13.1. The zero-order valence-electron chi connectivity index (χ0n) is 20.0. The number of hydrogen-bond donors (Lipinski definition) is 1. The van der Waals surface area contributed by atoms with Crippen LogP contribution >= 0.6 is 11.6 Å². The van der Waals surface area contributed by atoms with E-state index in [4.69, 9.17) is 20.8 Å². The van der Waals surface area contributed by atoms with Crippen LogP contribution in [0.15, 0.2) is 100 Å². The van der Waals surface area contributed by atoms with Gasteiger partial charge in [-0.3, -0.25) is 4.79 Å². The minimum absolute atomic E-state index is 0.328. The van der Waals surface area contributed by atoms with Gasteiger partial charge in [-0.05, 0) is 66.2 Å². The number of para-hydroxylation sites is 1. The third-order valence-electron chi connectivity index (χ3n) is 6.08. The van der Waals surface area contributed by atoms with E-state index in [-0.39, 0.29) is 5.91 Å². The fourth-order valence-corrected chi connectivity index (χ4v) is 4.43. The highest BCUT2D eigenvalue weighted by Gasteiger charge is 2.13. The van der Waals surface area contributed by atoms with Crippen LogP contribution in [0.25, 0.3) is 38.8 Å². The molecule has 0 atom stereocenters. The maximum absolute atomic E-state index is 13.1. The van der Waals surface area contributed by atoms with Gasteiger partial charge < -0.3 is 14.5 Å². The molecular formula is C29H19ClN4O4. The topological polar surface area (TPSA) is 99.2 Å². The highest BCUT2D eigenvalue weighted by molar-refractivity contribution is 6.32. The van der Waals surface area contributed by atoms with Crippen molar-refractivity contribution in [2.45, 2.75) is 0 Å². The molecule has 8 nitrogen and oxygen atoms in total. The molecule has 0 aliphatic heterocycles. The lowest BCUT2D eigenvalue weighted by molar-refractivity contribution is 0.102. The molecule has 0 aliphatic rings. The first-order valence-electron chi connectivity index (χ1n) is 11.6. The lowest BCUT2D eigenvalue weighted by atomic mass is 10.0. The zero-order chi connectivity index (χ0) is 26.2. The molecule has 6 aromatic rings. The Bertz CT molecular complexity index is 1910. The van der Waals surface area contributed by atoms with Gasteiger partial charge >= 0.3 is 5.63 Å². The van der Waals surface area contributed by atoms with Crippen LogP contribution in [0, 0.1) is 0 Å². The van der Waals surface area contributed by atoms with Gasteiger partial charge in [0.1, 0.15) is 22.4 Å². The van der Waals surface area contributed by atoms with Crippen molar-refractivity contribution in [3.05, 3.63) is 112 Å². The molecule has 0 fully saturated rings. The van der Waals surface area contributed by atoms with E-state index in [0.29, 0.717) is 55.5 Å². The average molecular weight is 523 g/mol. The number of hydrogen-bond acceptors (Lipinski definition) is 6. The van der Waals surface area contributed by atoms with Crippen LogP contribution in [0.4, 0.5) is 5.69 Å². The predicted octanol–water partition coefficient (Wildman–Crippen LogP) is 6.11. The molecule has 0 saturated heterocycles. The molecule has 0 saturated carbocycles. The first-order chi connectivity index (χ1) is 18.5. The number of amides is 1. The predicted molar refractivity (Wildman–Crippen MR) is 146 cm³/mol. The second-order valence-corrected chi connectivity index (χ2v) is 8.94. The summed E-state index contributed by atoms with van der Waals surface area (Å²) in [6.45, 7) is 0. The fourth-order valence-electron chi connectivity index (χ4n) is 4.18. The molecule has 0 radical (unpaired) electrons. The Morgan fingerprint density at radius 1 is 0.921 bits per heavy atom. The summed E-state index contributed by atoms with van der Waals surface area (Å²) in [6.07, 6.45) is 0. The van der Waals surface area contributed by atoms with E-state index in [9.17, 15) is 9.59 Å². The van der Waals surface area contributed by atoms with E-state index in [1.807, 2.05) is 18.2 Å². The summed E-state index contributed by atoms with van der Waals surface area (Å²) in [5.41, 5.74) is 3.89. The molecule has 38 heavy (non-hydrogen) atoms. The Balaban J connectivity index is 1.26. The summed E-state index contributed by atoms with van der Waals surface area (Å²) in [5, 5.41) is 13.1. The standard InChI is InChI=1S/C29H19ClN4O4/c1-37-27-12-10-21(16-23(27)30)34-32-24-11-9-20(15-25(24)33-34)31-28(35)19-7-4-6-17(13-19)22-14-18-5-2-3-8-26(18)38-29(22)36/h2-16H,1H3,(H,31,35). The van der Waals surface area contributed by atoms with Crippen LogP contribution in [0.3, 0.4) is 0 Å². The van der Waals surface area contributed by atoms with Crippen molar-refractivity contribution >= 4 is 45.2 Å². The summed E-state index contributed by atoms with van der Waals surface area (Å²) >= 11 is 6.24. The molecule has 1 amide bonds. The molecule has 186 valence electrons. The van der Waals surface area contributed by atoms with Crippen molar-refractivity contribution in [1.29, 1.82) is 0 Å². The quantitative estimate of drug-likeness (QED) is 0.274. The Hall–Kier alpha value is -4.95. The van der Waals surface area contributed by atoms with Gasteiger partial charge in [-0.2, -0.15) is 4.80 Å². The number of halogens is 1. The molecule has 0 bridgehead atoms. The number of ether oxygens (including phenoxy) is 1. The van der Waals surface area contributed by atoms with Crippen LogP contribution in [-0.4, -0.2) is 28.0 Å². The first kappa shape index (κ1) is 23.4. The van der Waals surface area contributed by atoms with E-state index < -0.39 is 5.63 Å². The summed E-state index contributed by atoms with van der Waals surface area (Å²) in [6, 6.07) is 26.4. The molecule has 9 heteroatoms. The third-order valence-corrected chi connectivity index (χ3v) is 6.38. The van der Waals surface area contributed by atoms with Gasteiger partial charge in [0.2, 0.25) is 0 Å². The average Bonchev–Trinajstić information content (AvgIpc) is 3.36. The van der Waals surface area contributed by atoms with Gasteiger partial charge in [0, 0.05) is 16.6 Å². The SMILES string of the molecule is COc1ccc(-n2nc3ccc(NC(=O)c4cccc(-c5cc6ccccc6oc5=O)c4)cc3n2)cc1Cl. The minimum Gasteiger partial charge on any atom is -0.495 e. The largest absolute Gasteiger partial charge is 0.495 e. The number of carbonyl (C=O) groups excluding carboxylic acids is 1. The maximum Gasteiger partial charge on any atom is 0.344 e. The molecule has 4 aromatic carbocycles. The molecule has 2 heterocycles. The Kier molecular flexibility index (Phi) is 5.86. The molecule has 0 aliphatic carbocycles. The van der Waals surface area contributed by atoms with Gasteiger partial charge in [0.05, 0.1) is 23.4 Å². The van der Waals surface area contributed by atoms with Crippen molar-refractivity contribution in [2.24, 2.45) is 0 Å². The molecular weight excluding hydrogens is 504 g/mol. The summed E-state index contributed by atoms with van der Waals surface area (Å²) in [4.78, 5) is 27.1. The van der Waals surface area contributed by atoms with Gasteiger partial charge in [-0.1, -0.05) is 41.9 Å². The van der Waals surface area contributed by atoms with E-state index >= 15 is 0 Å². The number of nitrogens with one attached hydrogen (secondary N) is 1. The van der Waals surface area contributed by atoms with E-state index in [0.717, 1.165) is 5.39 Å².